The molecule has 1 aliphatic rings. The molecule has 0 spiro atoms. The van der Waals surface area contributed by atoms with Gasteiger partial charge in [0, 0.05) is 30.9 Å². The van der Waals surface area contributed by atoms with Crippen molar-refractivity contribution >= 4 is 28.6 Å². The first kappa shape index (κ1) is 19.7. The van der Waals surface area contributed by atoms with Crippen LogP contribution in [-0.2, 0) is 5.41 Å². The Bertz CT molecular complexity index is 1120. The van der Waals surface area contributed by atoms with Gasteiger partial charge in [-0.3, -0.25) is 9.36 Å². The molecule has 1 aromatic carbocycles. The maximum absolute atomic E-state index is 12.7. The van der Waals surface area contributed by atoms with Gasteiger partial charge < -0.3 is 9.32 Å². The van der Waals surface area contributed by atoms with Gasteiger partial charge in [0.2, 0.25) is 0 Å². The molecule has 0 radical (unpaired) electrons. The van der Waals surface area contributed by atoms with Crippen LogP contribution >= 0.6 is 11.6 Å². The summed E-state index contributed by atoms with van der Waals surface area (Å²) in [6, 6.07) is 9.19. The summed E-state index contributed by atoms with van der Waals surface area (Å²) in [5, 5.41) is 0.303. The number of nitrogens with zero attached hydrogens (tertiary/aromatic N) is 3. The predicted octanol–water partition coefficient (Wildman–Crippen LogP) is 4.42. The molecule has 1 fully saturated rings. The van der Waals surface area contributed by atoms with Gasteiger partial charge in [0.05, 0.1) is 5.52 Å². The molecule has 0 unspecified atom stereocenters. The second-order valence-corrected chi connectivity index (χ2v) is 8.95. The standard InChI is InChI=1S/C22H24ClN3O3/c1-22(2,3)15-4-5-18-17(13-15)26(21(28)29-18)16-7-10-25(11-8-16)20(27)14-6-9-24-19(23)12-14/h4-6,9,12-13,16H,7-8,10-11H2,1-3H3. The van der Waals surface area contributed by atoms with Crippen molar-refractivity contribution in [1.82, 2.24) is 14.5 Å². The first-order chi connectivity index (χ1) is 13.7. The van der Waals surface area contributed by atoms with Crippen molar-refractivity contribution in [3.05, 3.63) is 63.4 Å². The fourth-order valence-corrected chi connectivity index (χ4v) is 4.06. The zero-order valence-electron chi connectivity index (χ0n) is 16.8. The number of oxazole rings is 1. The third kappa shape index (κ3) is 3.81. The van der Waals surface area contributed by atoms with E-state index in [9.17, 15) is 9.59 Å². The maximum atomic E-state index is 12.7. The van der Waals surface area contributed by atoms with Crippen LogP contribution < -0.4 is 5.76 Å². The number of piperidine rings is 1. The summed E-state index contributed by atoms with van der Waals surface area (Å²) in [7, 11) is 0. The first-order valence-corrected chi connectivity index (χ1v) is 10.2. The number of halogens is 1. The van der Waals surface area contributed by atoms with E-state index in [0.717, 1.165) is 11.1 Å². The molecular formula is C22H24ClN3O3. The Kier molecular flexibility index (Phi) is 4.99. The molecule has 1 amide bonds. The van der Waals surface area contributed by atoms with Crippen LogP contribution in [0.2, 0.25) is 5.15 Å². The van der Waals surface area contributed by atoms with Gasteiger partial charge in [-0.15, -0.1) is 0 Å². The van der Waals surface area contributed by atoms with E-state index in [4.69, 9.17) is 16.0 Å². The van der Waals surface area contributed by atoms with E-state index in [2.05, 4.69) is 31.8 Å². The van der Waals surface area contributed by atoms with E-state index in [1.165, 1.54) is 6.20 Å². The van der Waals surface area contributed by atoms with Crippen molar-refractivity contribution in [1.29, 1.82) is 0 Å². The predicted molar refractivity (Wildman–Crippen MR) is 113 cm³/mol. The lowest BCUT2D eigenvalue weighted by molar-refractivity contribution is 0.0693. The van der Waals surface area contributed by atoms with Crippen LogP contribution in [0, 0.1) is 0 Å². The molecule has 152 valence electrons. The number of rotatable bonds is 2. The number of likely N-dealkylation sites (tertiary alicyclic amines) is 1. The lowest BCUT2D eigenvalue weighted by atomic mass is 9.87. The second kappa shape index (κ2) is 7.34. The largest absolute Gasteiger partial charge is 0.420 e. The van der Waals surface area contributed by atoms with Crippen LogP contribution in [0.25, 0.3) is 11.1 Å². The van der Waals surface area contributed by atoms with E-state index in [0.29, 0.717) is 42.2 Å². The molecule has 2 aromatic heterocycles. The van der Waals surface area contributed by atoms with Crippen molar-refractivity contribution in [2.45, 2.75) is 45.1 Å². The number of benzene rings is 1. The van der Waals surface area contributed by atoms with Crippen LogP contribution in [0.3, 0.4) is 0 Å². The zero-order valence-corrected chi connectivity index (χ0v) is 17.6. The molecule has 0 N–H and O–H groups in total. The van der Waals surface area contributed by atoms with Gasteiger partial charge in [0.15, 0.2) is 5.58 Å². The summed E-state index contributed by atoms with van der Waals surface area (Å²) >= 11 is 5.91. The maximum Gasteiger partial charge on any atom is 0.420 e. The summed E-state index contributed by atoms with van der Waals surface area (Å²) in [5.74, 6) is -0.399. The lowest BCUT2D eigenvalue weighted by Gasteiger charge is -2.32. The Morgan fingerprint density at radius 3 is 2.55 bits per heavy atom. The summed E-state index contributed by atoms with van der Waals surface area (Å²) in [4.78, 5) is 31.0. The molecule has 4 rings (SSSR count). The number of fused-ring (bicyclic) bond motifs is 1. The number of carbonyl (C=O) groups is 1. The summed E-state index contributed by atoms with van der Waals surface area (Å²) in [5.41, 5.74) is 3.10. The number of pyridine rings is 1. The van der Waals surface area contributed by atoms with Crippen molar-refractivity contribution in [2.75, 3.05) is 13.1 Å². The zero-order chi connectivity index (χ0) is 20.8. The molecule has 0 saturated carbocycles. The molecule has 1 aliphatic heterocycles. The lowest BCUT2D eigenvalue weighted by Crippen LogP contribution is -2.40. The summed E-state index contributed by atoms with van der Waals surface area (Å²) in [6.07, 6.45) is 2.92. The highest BCUT2D eigenvalue weighted by Crippen LogP contribution is 2.30. The molecule has 7 heteroatoms. The summed E-state index contributed by atoms with van der Waals surface area (Å²) < 4.78 is 7.24. The first-order valence-electron chi connectivity index (χ1n) is 9.80. The number of hydrogen-bond acceptors (Lipinski definition) is 4. The quantitative estimate of drug-likeness (QED) is 0.583. The van der Waals surface area contributed by atoms with Crippen LogP contribution in [0.5, 0.6) is 0 Å². The highest BCUT2D eigenvalue weighted by Gasteiger charge is 2.28. The molecule has 6 nitrogen and oxygen atoms in total. The van der Waals surface area contributed by atoms with Crippen LogP contribution in [-0.4, -0.2) is 33.4 Å². The third-order valence-electron chi connectivity index (χ3n) is 5.57. The minimum absolute atomic E-state index is 0.00375. The molecular weight excluding hydrogens is 390 g/mol. The van der Waals surface area contributed by atoms with E-state index in [1.807, 2.05) is 12.1 Å². The Hall–Kier alpha value is -2.60. The van der Waals surface area contributed by atoms with Gasteiger partial charge in [-0.05, 0) is 48.1 Å². The Morgan fingerprint density at radius 1 is 1.17 bits per heavy atom. The molecule has 0 aliphatic carbocycles. The number of carbonyl (C=O) groups excluding carboxylic acids is 1. The average molecular weight is 414 g/mol. The number of amides is 1. The highest BCUT2D eigenvalue weighted by molar-refractivity contribution is 6.29. The fraction of sp³-hybridized carbons (Fsp3) is 0.409. The van der Waals surface area contributed by atoms with Crippen LogP contribution in [0.15, 0.2) is 45.7 Å². The third-order valence-corrected chi connectivity index (χ3v) is 5.78. The monoisotopic (exact) mass is 413 g/mol. The minimum Gasteiger partial charge on any atom is -0.408 e. The van der Waals surface area contributed by atoms with Crippen molar-refractivity contribution in [2.24, 2.45) is 0 Å². The van der Waals surface area contributed by atoms with Gasteiger partial charge in [0.25, 0.3) is 5.91 Å². The Labute approximate surface area is 174 Å². The molecule has 29 heavy (non-hydrogen) atoms. The van der Waals surface area contributed by atoms with Crippen molar-refractivity contribution in [3.63, 3.8) is 0 Å². The van der Waals surface area contributed by atoms with Crippen LogP contribution in [0.4, 0.5) is 0 Å². The van der Waals surface area contributed by atoms with Gasteiger partial charge in [-0.25, -0.2) is 9.78 Å². The Balaban J connectivity index is 1.57. The van der Waals surface area contributed by atoms with E-state index < -0.39 is 0 Å². The second-order valence-electron chi connectivity index (χ2n) is 8.56. The number of aromatic nitrogens is 2. The highest BCUT2D eigenvalue weighted by atomic mass is 35.5. The van der Waals surface area contributed by atoms with Gasteiger partial charge in [-0.2, -0.15) is 0 Å². The van der Waals surface area contributed by atoms with E-state index >= 15 is 0 Å². The summed E-state index contributed by atoms with van der Waals surface area (Å²) in [6.45, 7) is 7.58. The molecule has 0 atom stereocenters. The van der Waals surface area contributed by atoms with Crippen molar-refractivity contribution in [3.8, 4) is 0 Å². The molecule has 3 heterocycles. The topological polar surface area (TPSA) is 68.3 Å². The Morgan fingerprint density at radius 2 is 1.90 bits per heavy atom. The van der Waals surface area contributed by atoms with Crippen LogP contribution in [0.1, 0.15) is 55.6 Å². The number of hydrogen-bond donors (Lipinski definition) is 0. The smallest absolute Gasteiger partial charge is 0.408 e. The molecule has 1 saturated heterocycles. The van der Waals surface area contributed by atoms with E-state index in [1.54, 1.807) is 21.6 Å². The van der Waals surface area contributed by atoms with Gasteiger partial charge in [0.1, 0.15) is 5.15 Å². The van der Waals surface area contributed by atoms with E-state index in [-0.39, 0.29) is 23.1 Å². The van der Waals surface area contributed by atoms with Gasteiger partial charge >= 0.3 is 5.76 Å². The minimum atomic E-state index is -0.336. The van der Waals surface area contributed by atoms with Crippen molar-refractivity contribution < 1.29 is 9.21 Å². The average Bonchev–Trinajstić information content (AvgIpc) is 3.02. The molecule has 3 aromatic rings. The molecule has 0 bridgehead atoms. The SMILES string of the molecule is CC(C)(C)c1ccc2oc(=O)n(C3CCN(C(=O)c4ccnc(Cl)c4)CC3)c2c1. The fourth-order valence-electron chi connectivity index (χ4n) is 3.89. The normalized spacial score (nSPS) is 15.8. The van der Waals surface area contributed by atoms with Gasteiger partial charge in [-0.1, -0.05) is 38.4 Å².